The van der Waals surface area contributed by atoms with Crippen molar-refractivity contribution in [2.75, 3.05) is 9.80 Å². The number of anilines is 5. The van der Waals surface area contributed by atoms with Crippen molar-refractivity contribution in [1.29, 1.82) is 0 Å². The van der Waals surface area contributed by atoms with E-state index in [0.29, 0.717) is 0 Å². The van der Waals surface area contributed by atoms with Crippen molar-refractivity contribution in [3.63, 3.8) is 0 Å². The molecule has 0 aromatic heterocycles. The van der Waals surface area contributed by atoms with Crippen LogP contribution in [0.25, 0.3) is 11.1 Å². The van der Waals surface area contributed by atoms with E-state index in [4.69, 9.17) is 0 Å². The fourth-order valence-electron chi connectivity index (χ4n) is 8.93. The Morgan fingerprint density at radius 2 is 1.34 bits per heavy atom. The molecule has 41 heavy (non-hydrogen) atoms. The van der Waals surface area contributed by atoms with E-state index in [1.807, 2.05) is 0 Å². The summed E-state index contributed by atoms with van der Waals surface area (Å²) in [4.78, 5) is 5.17. The van der Waals surface area contributed by atoms with Gasteiger partial charge in [0.05, 0.1) is 5.54 Å². The quantitative estimate of drug-likeness (QED) is 0.217. The molecular formula is C38H33BN2. The van der Waals surface area contributed by atoms with E-state index in [1.54, 1.807) is 5.56 Å². The molecule has 3 aliphatic heterocycles. The Kier molecular flexibility index (Phi) is 4.67. The summed E-state index contributed by atoms with van der Waals surface area (Å²) in [6, 6.07) is 42.9. The minimum absolute atomic E-state index is 0.0983. The van der Waals surface area contributed by atoms with Gasteiger partial charge in [-0.1, -0.05) is 98.0 Å². The highest BCUT2D eigenvalue weighted by Gasteiger charge is 2.61. The molecule has 3 heterocycles. The fourth-order valence-corrected chi connectivity index (χ4v) is 8.93. The molecule has 198 valence electrons. The largest absolute Gasteiger partial charge is 0.335 e. The van der Waals surface area contributed by atoms with Gasteiger partial charge in [0.25, 0.3) is 0 Å². The maximum absolute atomic E-state index is 2.79. The van der Waals surface area contributed by atoms with Gasteiger partial charge in [-0.15, -0.1) is 0 Å². The first-order chi connectivity index (χ1) is 20.1. The van der Waals surface area contributed by atoms with E-state index < -0.39 is 0 Å². The van der Waals surface area contributed by atoms with E-state index in [-0.39, 0.29) is 17.7 Å². The first kappa shape index (κ1) is 23.5. The Labute approximate surface area is 243 Å². The molecule has 2 nitrogen and oxygen atoms in total. The molecule has 4 aliphatic rings. The number of rotatable bonds is 3. The van der Waals surface area contributed by atoms with E-state index in [1.165, 1.54) is 81.6 Å². The summed E-state index contributed by atoms with van der Waals surface area (Å²) < 4.78 is 0. The van der Waals surface area contributed by atoms with Crippen LogP contribution in [0.4, 0.5) is 28.4 Å². The molecule has 5 aromatic carbocycles. The number of hydrogen-bond donors (Lipinski definition) is 0. The van der Waals surface area contributed by atoms with Crippen molar-refractivity contribution in [1.82, 2.24) is 0 Å². The van der Waals surface area contributed by atoms with E-state index in [0.717, 1.165) is 0 Å². The summed E-state index contributed by atoms with van der Waals surface area (Å²) in [5, 5.41) is 0. The predicted molar refractivity (Wildman–Crippen MR) is 174 cm³/mol. The lowest BCUT2D eigenvalue weighted by Crippen LogP contribution is -2.60. The van der Waals surface area contributed by atoms with E-state index in [2.05, 4.69) is 139 Å². The fraction of sp³-hybridized carbons (Fsp3) is 0.211. The number of nitrogens with zero attached hydrogens (tertiary/aromatic N) is 2. The SMILES string of the molecule is CC12CCCCC1(C)N1c3cccc4c3B(c3ccc(N(c5ccccc5)c5ccccc5)cc3-4)c3cccc2c31. The zero-order chi connectivity index (χ0) is 27.3. The summed E-state index contributed by atoms with van der Waals surface area (Å²) in [5.74, 6) is 0. The molecule has 0 radical (unpaired) electrons. The van der Waals surface area contributed by atoms with E-state index >= 15 is 0 Å². The predicted octanol–water partition coefficient (Wildman–Crippen LogP) is 7.71. The summed E-state index contributed by atoms with van der Waals surface area (Å²) in [7, 11) is 0. The van der Waals surface area contributed by atoms with Crippen molar-refractivity contribution in [3.8, 4) is 11.1 Å². The van der Waals surface area contributed by atoms with Crippen molar-refractivity contribution in [3.05, 3.63) is 121 Å². The molecule has 5 aromatic rings. The highest BCUT2D eigenvalue weighted by atomic mass is 15.3. The van der Waals surface area contributed by atoms with Crippen LogP contribution in [0.1, 0.15) is 45.1 Å². The zero-order valence-corrected chi connectivity index (χ0v) is 23.8. The minimum atomic E-state index is 0.0983. The third-order valence-electron chi connectivity index (χ3n) is 11.0. The van der Waals surface area contributed by atoms with E-state index in [9.17, 15) is 0 Å². The second-order valence-electron chi connectivity index (χ2n) is 12.8. The average Bonchev–Trinajstić information content (AvgIpc) is 3.45. The Balaban J connectivity index is 1.28. The Bertz CT molecular complexity index is 1810. The van der Waals surface area contributed by atoms with Crippen LogP contribution in [-0.4, -0.2) is 12.3 Å². The normalized spacial score (nSPS) is 22.6. The zero-order valence-electron chi connectivity index (χ0n) is 23.8. The Hall–Kier alpha value is -4.24. The molecule has 2 unspecified atom stereocenters. The second-order valence-corrected chi connectivity index (χ2v) is 12.8. The lowest BCUT2D eigenvalue weighted by molar-refractivity contribution is 0.195. The smallest absolute Gasteiger partial charge is 0.248 e. The van der Waals surface area contributed by atoms with Crippen LogP contribution in [0.2, 0.25) is 0 Å². The number of hydrogen-bond acceptors (Lipinski definition) is 2. The average molecular weight is 529 g/mol. The van der Waals surface area contributed by atoms with Crippen LogP contribution in [0, 0.1) is 0 Å². The molecule has 0 N–H and O–H groups in total. The molecule has 0 saturated heterocycles. The molecule has 0 bridgehead atoms. The molecule has 3 heteroatoms. The lowest BCUT2D eigenvalue weighted by Gasteiger charge is -2.51. The number of para-hydroxylation sites is 3. The third-order valence-corrected chi connectivity index (χ3v) is 11.0. The first-order valence-electron chi connectivity index (χ1n) is 15.2. The molecule has 1 fully saturated rings. The van der Waals surface area contributed by atoms with Crippen LogP contribution in [0.3, 0.4) is 0 Å². The van der Waals surface area contributed by atoms with Gasteiger partial charge in [0.15, 0.2) is 0 Å². The molecule has 0 spiro atoms. The van der Waals surface area contributed by atoms with Gasteiger partial charge in [0.1, 0.15) is 0 Å². The van der Waals surface area contributed by atoms with Crippen LogP contribution in [-0.2, 0) is 5.41 Å². The van der Waals surface area contributed by atoms with Gasteiger partial charge in [-0.2, -0.15) is 0 Å². The molecule has 1 aliphatic carbocycles. The number of benzene rings is 5. The van der Waals surface area contributed by atoms with Crippen molar-refractivity contribution in [2.24, 2.45) is 0 Å². The summed E-state index contributed by atoms with van der Waals surface area (Å²) >= 11 is 0. The van der Waals surface area contributed by atoms with Crippen molar-refractivity contribution >= 4 is 51.5 Å². The van der Waals surface area contributed by atoms with Gasteiger partial charge in [-0.3, -0.25) is 0 Å². The van der Waals surface area contributed by atoms with Crippen molar-refractivity contribution < 1.29 is 0 Å². The molecule has 9 rings (SSSR count). The minimum Gasteiger partial charge on any atom is -0.335 e. The standard InChI is InChI=1S/C38H33BN2/c1-37-23-9-10-24-38(37,2)41-34-20-11-17-29-30-25-28(40(26-13-5-3-6-14-26)27-15-7-4-8-16-27)21-22-32(30)39(35(29)34)33-19-12-18-31(37)36(33)41/h3-8,11-22,25H,9-10,23-24H2,1-2H3. The molecule has 2 atom stereocenters. The number of fused-ring (bicyclic) bond motifs is 8. The van der Waals surface area contributed by atoms with Gasteiger partial charge < -0.3 is 9.80 Å². The Morgan fingerprint density at radius 3 is 2.10 bits per heavy atom. The topological polar surface area (TPSA) is 6.48 Å². The van der Waals surface area contributed by atoms with Crippen LogP contribution < -0.4 is 26.2 Å². The van der Waals surface area contributed by atoms with Crippen LogP contribution in [0.5, 0.6) is 0 Å². The third kappa shape index (κ3) is 2.89. The summed E-state index contributed by atoms with van der Waals surface area (Å²) in [6.07, 6.45) is 5.14. The first-order valence-corrected chi connectivity index (χ1v) is 15.2. The molecule has 0 amide bonds. The van der Waals surface area contributed by atoms with Gasteiger partial charge >= 0.3 is 0 Å². The summed E-state index contributed by atoms with van der Waals surface area (Å²) in [6.45, 7) is 5.38. The van der Waals surface area contributed by atoms with Gasteiger partial charge in [-0.25, -0.2) is 0 Å². The van der Waals surface area contributed by atoms with Crippen molar-refractivity contribution in [2.45, 2.75) is 50.5 Å². The van der Waals surface area contributed by atoms with Gasteiger partial charge in [0.2, 0.25) is 6.71 Å². The maximum Gasteiger partial charge on any atom is 0.248 e. The highest BCUT2D eigenvalue weighted by Crippen LogP contribution is 2.61. The lowest BCUT2D eigenvalue weighted by atomic mass is 9.37. The maximum atomic E-state index is 2.79. The molecular weight excluding hydrogens is 495 g/mol. The van der Waals surface area contributed by atoms with Crippen LogP contribution in [0.15, 0.2) is 115 Å². The summed E-state index contributed by atoms with van der Waals surface area (Å²) in [5.41, 5.74) is 15.5. The van der Waals surface area contributed by atoms with Crippen LogP contribution >= 0.6 is 0 Å². The monoisotopic (exact) mass is 528 g/mol. The molecule has 1 saturated carbocycles. The van der Waals surface area contributed by atoms with Gasteiger partial charge in [-0.05, 0) is 89.8 Å². The van der Waals surface area contributed by atoms with Gasteiger partial charge in [0, 0.05) is 33.9 Å². The Morgan fingerprint density at radius 1 is 0.634 bits per heavy atom. The second kappa shape index (κ2) is 8.16. The highest BCUT2D eigenvalue weighted by molar-refractivity contribution is 7.01.